The summed E-state index contributed by atoms with van der Waals surface area (Å²) in [6.45, 7) is 1.20. The first kappa shape index (κ1) is 17.4. The molecule has 0 fully saturated rings. The average molecular weight is 355 g/mol. The molecule has 2 N–H and O–H groups in total. The first-order valence-corrected chi connectivity index (χ1v) is 8.03. The number of ether oxygens (including phenoxy) is 1. The number of carbonyl (C=O) groups excluding carboxylic acids is 3. The highest BCUT2D eigenvalue weighted by molar-refractivity contribution is 6.05. The Morgan fingerprint density at radius 1 is 1.19 bits per heavy atom. The Balaban J connectivity index is 1.78. The molecule has 0 saturated heterocycles. The van der Waals surface area contributed by atoms with Crippen molar-refractivity contribution in [1.29, 1.82) is 0 Å². The number of pyridine rings is 1. The molecule has 0 unspecified atom stereocenters. The predicted molar refractivity (Wildman–Crippen MR) is 94.0 cm³/mol. The summed E-state index contributed by atoms with van der Waals surface area (Å²) in [6, 6.07) is 9.30. The zero-order valence-corrected chi connectivity index (χ0v) is 14.0. The third kappa shape index (κ3) is 3.49. The van der Waals surface area contributed by atoms with E-state index in [2.05, 4.69) is 10.3 Å². The molecule has 0 spiro atoms. The van der Waals surface area contributed by atoms with E-state index in [9.17, 15) is 19.2 Å². The minimum atomic E-state index is -0.884. The van der Waals surface area contributed by atoms with Crippen molar-refractivity contribution in [3.63, 3.8) is 0 Å². The zero-order chi connectivity index (χ0) is 18.7. The Bertz CT molecular complexity index is 921. The molecule has 1 aliphatic rings. The predicted octanol–water partition coefficient (Wildman–Crippen LogP) is 1.30. The molecule has 1 aromatic heterocycles. The summed E-state index contributed by atoms with van der Waals surface area (Å²) in [7, 11) is 0. The molecule has 8 nitrogen and oxygen atoms in total. The highest BCUT2D eigenvalue weighted by Gasteiger charge is 2.30. The smallest absolute Gasteiger partial charge is 0.344 e. The van der Waals surface area contributed by atoms with Crippen LogP contribution >= 0.6 is 0 Å². The second kappa shape index (κ2) is 7.22. The van der Waals surface area contributed by atoms with E-state index in [1.54, 1.807) is 31.2 Å². The van der Waals surface area contributed by atoms with E-state index in [0.29, 0.717) is 11.4 Å². The lowest BCUT2D eigenvalue weighted by molar-refractivity contribution is -0.122. The topological polar surface area (TPSA) is 109 Å². The number of aromatic amines is 1. The number of nitrogens with one attached hydrogen (secondary N) is 2. The maximum atomic E-state index is 12.7. The van der Waals surface area contributed by atoms with E-state index >= 15 is 0 Å². The lowest BCUT2D eigenvalue weighted by Crippen LogP contribution is -2.41. The second-order valence-electron chi connectivity index (χ2n) is 5.87. The van der Waals surface area contributed by atoms with Crippen molar-refractivity contribution in [2.75, 3.05) is 16.8 Å². The number of anilines is 2. The number of hydrogen-bond acceptors (Lipinski definition) is 5. The van der Waals surface area contributed by atoms with Crippen LogP contribution < -0.4 is 15.8 Å². The summed E-state index contributed by atoms with van der Waals surface area (Å²) in [4.78, 5) is 52.0. The first-order valence-electron chi connectivity index (χ1n) is 8.03. The van der Waals surface area contributed by atoms with Crippen molar-refractivity contribution in [3.8, 4) is 0 Å². The Hall–Kier alpha value is -3.42. The standard InChI is InChI=1S/C18H17N3O5/c1-11-9-15(22)20-13-6-2-3-7-14(13)21(11)16(23)10-26-18(25)12-5-4-8-19-17(12)24/h2-8,11H,9-10H2,1H3,(H,19,24)(H,20,22)/t11-/m1/s1. The normalized spacial score (nSPS) is 16.3. The van der Waals surface area contributed by atoms with E-state index in [1.807, 2.05) is 0 Å². The van der Waals surface area contributed by atoms with Gasteiger partial charge in [-0.3, -0.25) is 14.4 Å². The molecule has 26 heavy (non-hydrogen) atoms. The van der Waals surface area contributed by atoms with Crippen molar-refractivity contribution >= 4 is 29.2 Å². The quantitative estimate of drug-likeness (QED) is 0.807. The molecule has 2 heterocycles. The van der Waals surface area contributed by atoms with Crippen LogP contribution in [0.3, 0.4) is 0 Å². The number of hydrogen-bond donors (Lipinski definition) is 2. The van der Waals surface area contributed by atoms with Gasteiger partial charge < -0.3 is 19.9 Å². The number of esters is 1. The van der Waals surface area contributed by atoms with E-state index in [4.69, 9.17) is 4.74 Å². The summed E-state index contributed by atoms with van der Waals surface area (Å²) in [5.74, 6) is -1.57. The lowest BCUT2D eigenvalue weighted by Gasteiger charge is -2.27. The van der Waals surface area contributed by atoms with Crippen LogP contribution in [-0.2, 0) is 14.3 Å². The van der Waals surface area contributed by atoms with E-state index in [0.717, 1.165) is 0 Å². The summed E-state index contributed by atoms with van der Waals surface area (Å²) in [5.41, 5.74) is 0.278. The van der Waals surface area contributed by atoms with Gasteiger partial charge in [0.05, 0.1) is 11.4 Å². The Kier molecular flexibility index (Phi) is 4.83. The molecule has 0 bridgehead atoms. The summed E-state index contributed by atoms with van der Waals surface area (Å²) >= 11 is 0. The van der Waals surface area contributed by atoms with Gasteiger partial charge in [0.25, 0.3) is 11.5 Å². The van der Waals surface area contributed by atoms with Crippen molar-refractivity contribution < 1.29 is 19.1 Å². The number of para-hydroxylation sites is 2. The van der Waals surface area contributed by atoms with Crippen LogP contribution in [0.2, 0.25) is 0 Å². The third-order valence-corrected chi connectivity index (χ3v) is 3.99. The van der Waals surface area contributed by atoms with Gasteiger partial charge >= 0.3 is 5.97 Å². The Morgan fingerprint density at radius 2 is 1.96 bits per heavy atom. The van der Waals surface area contributed by atoms with E-state index in [1.165, 1.54) is 23.2 Å². The van der Waals surface area contributed by atoms with Crippen molar-refractivity contribution in [1.82, 2.24) is 4.98 Å². The number of H-pyrrole nitrogens is 1. The van der Waals surface area contributed by atoms with E-state index < -0.39 is 30.1 Å². The van der Waals surface area contributed by atoms with Gasteiger partial charge in [0.1, 0.15) is 5.56 Å². The van der Waals surface area contributed by atoms with Crippen LogP contribution in [0.15, 0.2) is 47.4 Å². The summed E-state index contributed by atoms with van der Waals surface area (Å²) in [6.07, 6.45) is 1.51. The molecule has 0 radical (unpaired) electrons. The van der Waals surface area contributed by atoms with Gasteiger partial charge in [0.2, 0.25) is 5.91 Å². The molecule has 0 saturated carbocycles. The molecule has 1 atom stereocenters. The fraction of sp³-hybridized carbons (Fsp3) is 0.222. The zero-order valence-electron chi connectivity index (χ0n) is 14.0. The van der Waals surface area contributed by atoms with Crippen LogP contribution in [0.4, 0.5) is 11.4 Å². The van der Waals surface area contributed by atoms with Crippen LogP contribution in [-0.4, -0.2) is 35.4 Å². The highest BCUT2D eigenvalue weighted by atomic mass is 16.5. The molecule has 2 amide bonds. The maximum Gasteiger partial charge on any atom is 0.344 e. The average Bonchev–Trinajstić information content (AvgIpc) is 2.74. The molecule has 2 aromatic rings. The Labute approximate surface area is 148 Å². The summed E-state index contributed by atoms with van der Waals surface area (Å²) in [5, 5.41) is 2.75. The first-order chi connectivity index (χ1) is 12.5. The van der Waals surface area contributed by atoms with Gasteiger partial charge in [0.15, 0.2) is 6.61 Å². The molecular formula is C18H17N3O5. The van der Waals surface area contributed by atoms with Gasteiger partial charge in [0, 0.05) is 18.7 Å². The maximum absolute atomic E-state index is 12.7. The Morgan fingerprint density at radius 3 is 2.73 bits per heavy atom. The molecule has 134 valence electrons. The number of benzene rings is 1. The van der Waals surface area contributed by atoms with Gasteiger partial charge in [-0.15, -0.1) is 0 Å². The number of fused-ring (bicyclic) bond motifs is 1. The summed E-state index contributed by atoms with van der Waals surface area (Å²) < 4.78 is 5.00. The van der Waals surface area contributed by atoms with Gasteiger partial charge in [-0.05, 0) is 31.2 Å². The van der Waals surface area contributed by atoms with Gasteiger partial charge in [-0.1, -0.05) is 12.1 Å². The molecule has 8 heteroatoms. The van der Waals surface area contributed by atoms with E-state index in [-0.39, 0.29) is 17.9 Å². The van der Waals surface area contributed by atoms with Crippen molar-refractivity contribution in [3.05, 3.63) is 58.5 Å². The number of aromatic nitrogens is 1. The van der Waals surface area contributed by atoms with Gasteiger partial charge in [-0.25, -0.2) is 4.79 Å². The molecule has 0 aliphatic carbocycles. The number of rotatable bonds is 3. The van der Waals surface area contributed by atoms with Crippen LogP contribution in [0.1, 0.15) is 23.7 Å². The molecular weight excluding hydrogens is 338 g/mol. The molecule has 1 aliphatic heterocycles. The van der Waals surface area contributed by atoms with Crippen molar-refractivity contribution in [2.24, 2.45) is 0 Å². The number of carbonyl (C=O) groups is 3. The number of amides is 2. The van der Waals surface area contributed by atoms with Crippen LogP contribution in [0.5, 0.6) is 0 Å². The fourth-order valence-corrected chi connectivity index (χ4v) is 2.82. The minimum absolute atomic E-state index is 0.118. The lowest BCUT2D eigenvalue weighted by atomic mass is 10.1. The fourth-order valence-electron chi connectivity index (χ4n) is 2.82. The van der Waals surface area contributed by atoms with Crippen molar-refractivity contribution in [2.45, 2.75) is 19.4 Å². The second-order valence-corrected chi connectivity index (χ2v) is 5.87. The largest absolute Gasteiger partial charge is 0.452 e. The third-order valence-electron chi connectivity index (χ3n) is 3.99. The highest BCUT2D eigenvalue weighted by Crippen LogP contribution is 2.31. The molecule has 3 rings (SSSR count). The van der Waals surface area contributed by atoms with Crippen LogP contribution in [0, 0.1) is 0 Å². The molecule has 1 aromatic carbocycles. The number of nitrogens with zero attached hydrogens (tertiary/aromatic N) is 1. The van der Waals surface area contributed by atoms with Gasteiger partial charge in [-0.2, -0.15) is 0 Å². The SMILES string of the molecule is C[C@@H]1CC(=O)Nc2ccccc2N1C(=O)COC(=O)c1ccc[nH]c1=O. The monoisotopic (exact) mass is 355 g/mol. The van der Waals surface area contributed by atoms with Crippen LogP contribution in [0.25, 0.3) is 0 Å². The minimum Gasteiger partial charge on any atom is -0.452 e.